The maximum Gasteiger partial charge on any atom is 0.0715 e. The fourth-order valence-corrected chi connectivity index (χ4v) is 3.06. The molecule has 0 aromatic heterocycles. The minimum Gasteiger partial charge on any atom is -0.198 e. The van der Waals surface area contributed by atoms with Crippen molar-refractivity contribution in [2.75, 3.05) is 0 Å². The summed E-state index contributed by atoms with van der Waals surface area (Å²) in [6.45, 7) is 6.67. The van der Waals surface area contributed by atoms with Crippen molar-refractivity contribution in [2.45, 2.75) is 64.2 Å². The van der Waals surface area contributed by atoms with Crippen LogP contribution in [0.15, 0.2) is 24.3 Å². The van der Waals surface area contributed by atoms with Crippen LogP contribution >= 0.6 is 0 Å². The van der Waals surface area contributed by atoms with Crippen LogP contribution < -0.4 is 0 Å². The van der Waals surface area contributed by atoms with E-state index in [2.05, 4.69) is 51.1 Å². The molecule has 1 atom stereocenters. The van der Waals surface area contributed by atoms with E-state index in [-0.39, 0.29) is 11.3 Å². The molecule has 0 heterocycles. The molecular weight excluding hydrogens is 230 g/mol. The van der Waals surface area contributed by atoms with Gasteiger partial charge in [0.05, 0.1) is 12.0 Å². The van der Waals surface area contributed by atoms with Crippen molar-refractivity contribution < 1.29 is 0 Å². The van der Waals surface area contributed by atoms with Gasteiger partial charge >= 0.3 is 0 Å². The lowest BCUT2D eigenvalue weighted by molar-refractivity contribution is 0.482. The van der Waals surface area contributed by atoms with Gasteiger partial charge in [0.25, 0.3) is 0 Å². The number of hydrogen-bond donors (Lipinski definition) is 0. The first-order valence-electron chi connectivity index (χ1n) is 7.51. The third kappa shape index (κ3) is 3.60. The average molecular weight is 255 g/mol. The summed E-state index contributed by atoms with van der Waals surface area (Å²) in [6.07, 6.45) is 6.39. The van der Waals surface area contributed by atoms with Crippen LogP contribution in [0.4, 0.5) is 0 Å². The topological polar surface area (TPSA) is 23.8 Å². The van der Waals surface area contributed by atoms with Crippen LogP contribution in [0.2, 0.25) is 0 Å². The van der Waals surface area contributed by atoms with E-state index in [0.29, 0.717) is 0 Å². The molecule has 1 aromatic carbocycles. The Morgan fingerprint density at radius 3 is 2.21 bits per heavy atom. The van der Waals surface area contributed by atoms with Crippen LogP contribution in [0.25, 0.3) is 0 Å². The standard InChI is InChI=1S/C18H25N/c1-18(2,3)17-10-8-15(9-11-17)16(13-19)12-14-6-4-5-7-14/h8-11,14,16H,4-7,12H2,1-3H3/t16-/m0/s1. The minimum absolute atomic E-state index is 0.0807. The van der Waals surface area contributed by atoms with E-state index in [1.807, 2.05) is 0 Å². The van der Waals surface area contributed by atoms with Gasteiger partial charge in [0, 0.05) is 0 Å². The van der Waals surface area contributed by atoms with Gasteiger partial charge < -0.3 is 0 Å². The zero-order chi connectivity index (χ0) is 13.9. The molecule has 0 N–H and O–H groups in total. The Hall–Kier alpha value is -1.29. The van der Waals surface area contributed by atoms with E-state index in [4.69, 9.17) is 0 Å². The first kappa shape index (κ1) is 14.1. The van der Waals surface area contributed by atoms with Crippen molar-refractivity contribution >= 4 is 0 Å². The van der Waals surface area contributed by atoms with E-state index >= 15 is 0 Å². The summed E-state index contributed by atoms with van der Waals surface area (Å²) in [6, 6.07) is 11.2. The van der Waals surface area contributed by atoms with E-state index in [0.717, 1.165) is 12.3 Å². The molecule has 0 amide bonds. The summed E-state index contributed by atoms with van der Waals surface area (Å²) in [5, 5.41) is 9.42. The highest BCUT2D eigenvalue weighted by molar-refractivity contribution is 5.32. The van der Waals surface area contributed by atoms with Crippen molar-refractivity contribution in [3.63, 3.8) is 0 Å². The summed E-state index contributed by atoms with van der Waals surface area (Å²) < 4.78 is 0. The summed E-state index contributed by atoms with van der Waals surface area (Å²) in [4.78, 5) is 0. The Morgan fingerprint density at radius 1 is 1.16 bits per heavy atom. The molecule has 1 fully saturated rings. The molecule has 102 valence electrons. The van der Waals surface area contributed by atoms with Gasteiger partial charge in [-0.2, -0.15) is 5.26 Å². The van der Waals surface area contributed by atoms with Gasteiger partial charge in [-0.15, -0.1) is 0 Å². The Kier molecular flexibility index (Phi) is 4.30. The lowest BCUT2D eigenvalue weighted by Gasteiger charge is -2.20. The van der Waals surface area contributed by atoms with Crippen molar-refractivity contribution in [1.29, 1.82) is 5.26 Å². The summed E-state index contributed by atoms with van der Waals surface area (Å²) >= 11 is 0. The predicted octanol–water partition coefficient (Wildman–Crippen LogP) is 5.17. The van der Waals surface area contributed by atoms with Gasteiger partial charge in [-0.05, 0) is 28.9 Å². The molecule has 1 heteroatoms. The molecule has 0 saturated heterocycles. The largest absolute Gasteiger partial charge is 0.198 e. The van der Waals surface area contributed by atoms with Gasteiger partial charge in [-0.1, -0.05) is 70.7 Å². The smallest absolute Gasteiger partial charge is 0.0715 e. The zero-order valence-corrected chi connectivity index (χ0v) is 12.4. The van der Waals surface area contributed by atoms with Crippen LogP contribution in [-0.2, 0) is 5.41 Å². The molecule has 1 saturated carbocycles. The van der Waals surface area contributed by atoms with Gasteiger partial charge in [-0.25, -0.2) is 0 Å². The molecule has 1 aromatic rings. The van der Waals surface area contributed by atoms with Crippen LogP contribution in [0.1, 0.15) is 69.9 Å². The molecule has 0 unspecified atom stereocenters. The maximum atomic E-state index is 9.42. The van der Waals surface area contributed by atoms with Gasteiger partial charge in [0.1, 0.15) is 0 Å². The molecule has 0 bridgehead atoms. The molecule has 19 heavy (non-hydrogen) atoms. The Labute approximate surface area is 117 Å². The van der Waals surface area contributed by atoms with Crippen LogP contribution in [0, 0.1) is 17.2 Å². The van der Waals surface area contributed by atoms with E-state index in [1.54, 1.807) is 0 Å². The van der Waals surface area contributed by atoms with Gasteiger partial charge in [0.2, 0.25) is 0 Å². The van der Waals surface area contributed by atoms with Crippen LogP contribution in [0.5, 0.6) is 0 Å². The van der Waals surface area contributed by atoms with E-state index in [1.165, 1.54) is 36.8 Å². The molecule has 1 aliphatic carbocycles. The molecule has 0 aliphatic heterocycles. The highest BCUT2D eigenvalue weighted by atomic mass is 14.3. The highest BCUT2D eigenvalue weighted by Gasteiger charge is 2.21. The first-order valence-corrected chi connectivity index (χ1v) is 7.51. The second-order valence-electron chi connectivity index (χ2n) is 6.94. The summed E-state index contributed by atoms with van der Waals surface area (Å²) in [5.41, 5.74) is 2.72. The zero-order valence-electron chi connectivity index (χ0n) is 12.4. The lowest BCUT2D eigenvalue weighted by atomic mass is 9.84. The quantitative estimate of drug-likeness (QED) is 0.730. The second kappa shape index (κ2) is 5.78. The number of rotatable bonds is 3. The molecule has 1 aliphatic rings. The fraction of sp³-hybridized carbons (Fsp3) is 0.611. The lowest BCUT2D eigenvalue weighted by Crippen LogP contribution is -2.11. The van der Waals surface area contributed by atoms with Crippen LogP contribution in [-0.4, -0.2) is 0 Å². The van der Waals surface area contributed by atoms with E-state index < -0.39 is 0 Å². The van der Waals surface area contributed by atoms with Crippen molar-refractivity contribution in [1.82, 2.24) is 0 Å². The summed E-state index contributed by atoms with van der Waals surface area (Å²) in [5.74, 6) is 0.851. The summed E-state index contributed by atoms with van der Waals surface area (Å²) in [7, 11) is 0. The Morgan fingerprint density at radius 2 is 1.74 bits per heavy atom. The minimum atomic E-state index is 0.0807. The monoisotopic (exact) mass is 255 g/mol. The number of hydrogen-bond acceptors (Lipinski definition) is 1. The Balaban J connectivity index is 2.08. The number of nitrogens with zero attached hydrogens (tertiary/aromatic N) is 1. The molecule has 0 spiro atoms. The average Bonchev–Trinajstić information content (AvgIpc) is 2.88. The number of nitriles is 1. The first-order chi connectivity index (χ1) is 9.00. The van der Waals surface area contributed by atoms with Gasteiger partial charge in [-0.3, -0.25) is 0 Å². The molecule has 1 nitrogen and oxygen atoms in total. The van der Waals surface area contributed by atoms with Crippen molar-refractivity contribution in [3.05, 3.63) is 35.4 Å². The predicted molar refractivity (Wildman–Crippen MR) is 80.1 cm³/mol. The molecular formula is C18H25N. The van der Waals surface area contributed by atoms with Crippen LogP contribution in [0.3, 0.4) is 0 Å². The van der Waals surface area contributed by atoms with Crippen molar-refractivity contribution in [2.24, 2.45) is 5.92 Å². The van der Waals surface area contributed by atoms with E-state index in [9.17, 15) is 5.26 Å². The SMILES string of the molecule is CC(C)(C)c1ccc([C@H](C#N)CC2CCCC2)cc1. The highest BCUT2D eigenvalue weighted by Crippen LogP contribution is 2.34. The second-order valence-corrected chi connectivity index (χ2v) is 6.94. The molecule has 0 radical (unpaired) electrons. The third-order valence-electron chi connectivity index (χ3n) is 4.38. The fourth-order valence-electron chi connectivity index (χ4n) is 3.06. The molecule has 2 rings (SSSR count). The normalized spacial score (nSPS) is 18.2. The maximum absolute atomic E-state index is 9.42. The third-order valence-corrected chi connectivity index (χ3v) is 4.38. The Bertz CT molecular complexity index is 438. The number of benzene rings is 1. The van der Waals surface area contributed by atoms with Gasteiger partial charge in [0.15, 0.2) is 0 Å². The van der Waals surface area contributed by atoms with Crippen molar-refractivity contribution in [3.8, 4) is 6.07 Å².